The van der Waals surface area contributed by atoms with Crippen LogP contribution < -0.4 is 15.4 Å². The Bertz CT molecular complexity index is 481. The van der Waals surface area contributed by atoms with Crippen LogP contribution in [0, 0.1) is 0 Å². The molecule has 0 amide bonds. The lowest BCUT2D eigenvalue weighted by Crippen LogP contribution is -2.38. The van der Waals surface area contributed by atoms with Crippen LogP contribution in [0.5, 0.6) is 5.75 Å². The van der Waals surface area contributed by atoms with Gasteiger partial charge in [-0.05, 0) is 24.5 Å². The lowest BCUT2D eigenvalue weighted by atomic mass is 10.2. The number of hydrogen-bond acceptors (Lipinski definition) is 3. The van der Waals surface area contributed by atoms with Crippen LogP contribution in [-0.4, -0.2) is 38.2 Å². The molecule has 0 unspecified atom stereocenters. The van der Waals surface area contributed by atoms with Crippen LogP contribution in [0.15, 0.2) is 27.7 Å². The number of rotatable bonds is 7. The molecule has 22 heavy (non-hydrogen) atoms. The number of aliphatic imine (C=N–C) groups is 1. The third-order valence-corrected chi connectivity index (χ3v) is 3.61. The van der Waals surface area contributed by atoms with E-state index in [1.165, 1.54) is 6.07 Å². The molecule has 0 aliphatic carbocycles. The molecule has 2 N–H and O–H groups in total. The van der Waals surface area contributed by atoms with Crippen molar-refractivity contribution in [2.45, 2.75) is 13.2 Å². The van der Waals surface area contributed by atoms with Crippen molar-refractivity contribution < 1.29 is 13.5 Å². The summed E-state index contributed by atoms with van der Waals surface area (Å²) in [7, 11) is 1.66. The van der Waals surface area contributed by atoms with Gasteiger partial charge in [0.25, 0.3) is 0 Å². The summed E-state index contributed by atoms with van der Waals surface area (Å²) < 4.78 is 30.1. The second-order valence-corrected chi connectivity index (χ2v) is 5.88. The molecule has 0 radical (unpaired) electrons. The lowest BCUT2D eigenvalue weighted by Gasteiger charge is -2.14. The molecule has 0 heterocycles. The number of nitrogens with one attached hydrogen (secondary N) is 2. The van der Waals surface area contributed by atoms with Gasteiger partial charge in [-0.2, -0.15) is 20.5 Å². The van der Waals surface area contributed by atoms with Gasteiger partial charge in [-0.25, -0.2) is 0 Å². The minimum absolute atomic E-state index is 0. The molecular weight excluding hydrogens is 491 g/mol. The van der Waals surface area contributed by atoms with Crippen LogP contribution in [0.4, 0.5) is 8.78 Å². The molecule has 1 aromatic carbocycles. The molecule has 0 aliphatic heterocycles. The van der Waals surface area contributed by atoms with Crippen LogP contribution in [0.3, 0.4) is 0 Å². The topological polar surface area (TPSA) is 45.7 Å². The molecule has 1 rings (SSSR count). The van der Waals surface area contributed by atoms with Crippen LogP contribution >= 0.6 is 51.7 Å². The van der Waals surface area contributed by atoms with E-state index in [9.17, 15) is 8.78 Å². The Balaban J connectivity index is 0.00000441. The molecule has 4 nitrogen and oxygen atoms in total. The van der Waals surface area contributed by atoms with Gasteiger partial charge in [-0.1, -0.05) is 15.9 Å². The van der Waals surface area contributed by atoms with E-state index in [2.05, 4.69) is 36.3 Å². The molecule has 1 aromatic rings. The maximum absolute atomic E-state index is 12.4. The zero-order chi connectivity index (χ0) is 15.7. The minimum atomic E-state index is -2.84. The summed E-state index contributed by atoms with van der Waals surface area (Å²) in [5.41, 5.74) is 0.623. The van der Waals surface area contributed by atoms with Gasteiger partial charge in [0.2, 0.25) is 0 Å². The van der Waals surface area contributed by atoms with E-state index in [0.717, 1.165) is 16.8 Å². The highest BCUT2D eigenvalue weighted by molar-refractivity contribution is 14.0. The van der Waals surface area contributed by atoms with Crippen molar-refractivity contribution in [1.29, 1.82) is 0 Å². The standard InChI is InChI=1S/C13H18BrF2N3OS.HI/c1-17-13(18-5-6-21-2)19-8-9-7-10(14)3-4-11(9)20-12(15)16;/h3-4,7,12H,5-6,8H2,1-2H3,(H2,17,18,19);1H. The zero-order valence-corrected chi connectivity index (χ0v) is 17.0. The van der Waals surface area contributed by atoms with E-state index in [1.54, 1.807) is 30.9 Å². The molecule has 0 saturated heterocycles. The van der Waals surface area contributed by atoms with E-state index in [4.69, 9.17) is 0 Å². The number of halogens is 4. The molecule has 0 spiro atoms. The minimum Gasteiger partial charge on any atom is -0.434 e. The van der Waals surface area contributed by atoms with Crippen LogP contribution in [0.25, 0.3) is 0 Å². The van der Waals surface area contributed by atoms with Gasteiger partial charge in [0.15, 0.2) is 5.96 Å². The number of guanidine groups is 1. The normalized spacial score (nSPS) is 11.1. The predicted octanol–water partition coefficient (Wildman–Crippen LogP) is 3.70. The first-order chi connectivity index (χ1) is 10.1. The van der Waals surface area contributed by atoms with Crippen molar-refractivity contribution >= 4 is 57.6 Å². The van der Waals surface area contributed by atoms with Crippen molar-refractivity contribution in [3.8, 4) is 5.75 Å². The molecule has 0 atom stereocenters. The highest BCUT2D eigenvalue weighted by Crippen LogP contribution is 2.24. The molecule has 0 aromatic heterocycles. The van der Waals surface area contributed by atoms with E-state index in [1.807, 2.05) is 6.26 Å². The highest BCUT2D eigenvalue weighted by atomic mass is 127. The first kappa shape index (κ1) is 21.7. The first-order valence-corrected chi connectivity index (χ1v) is 8.42. The number of nitrogens with zero attached hydrogens (tertiary/aromatic N) is 1. The Kier molecular flexibility index (Phi) is 12.0. The molecule has 9 heteroatoms. The lowest BCUT2D eigenvalue weighted by molar-refractivity contribution is -0.0504. The van der Waals surface area contributed by atoms with Crippen molar-refractivity contribution in [1.82, 2.24) is 10.6 Å². The highest BCUT2D eigenvalue weighted by Gasteiger charge is 2.10. The number of thioether (sulfide) groups is 1. The predicted molar refractivity (Wildman–Crippen MR) is 103 cm³/mol. The van der Waals surface area contributed by atoms with Crippen LogP contribution in [0.2, 0.25) is 0 Å². The Morgan fingerprint density at radius 1 is 1.41 bits per heavy atom. The average Bonchev–Trinajstić information content (AvgIpc) is 2.44. The summed E-state index contributed by atoms with van der Waals surface area (Å²) in [4.78, 5) is 4.07. The maximum Gasteiger partial charge on any atom is 0.387 e. The Morgan fingerprint density at radius 2 is 2.14 bits per heavy atom. The van der Waals surface area contributed by atoms with Gasteiger partial charge in [-0.3, -0.25) is 4.99 Å². The van der Waals surface area contributed by atoms with Gasteiger partial charge in [0, 0.05) is 35.9 Å². The smallest absolute Gasteiger partial charge is 0.387 e. The number of ether oxygens (including phenoxy) is 1. The summed E-state index contributed by atoms with van der Waals surface area (Å²) in [5, 5.41) is 6.20. The first-order valence-electron chi connectivity index (χ1n) is 6.23. The van der Waals surface area contributed by atoms with Gasteiger partial charge in [0.1, 0.15) is 5.75 Å². The molecular formula is C13H19BrF2IN3OS. The fraction of sp³-hybridized carbons (Fsp3) is 0.462. The van der Waals surface area contributed by atoms with E-state index < -0.39 is 6.61 Å². The number of alkyl halides is 2. The van der Waals surface area contributed by atoms with Crippen molar-refractivity contribution in [3.63, 3.8) is 0 Å². The van der Waals surface area contributed by atoms with E-state index >= 15 is 0 Å². The summed E-state index contributed by atoms with van der Waals surface area (Å²) in [6, 6.07) is 4.91. The maximum atomic E-state index is 12.4. The molecule has 0 aliphatic rings. The Hall–Kier alpha value is -0.290. The van der Waals surface area contributed by atoms with Gasteiger partial charge in [0.05, 0.1) is 0 Å². The Morgan fingerprint density at radius 3 is 2.73 bits per heavy atom. The summed E-state index contributed by atoms with van der Waals surface area (Å²) >= 11 is 5.04. The number of hydrogen-bond donors (Lipinski definition) is 2. The van der Waals surface area contributed by atoms with E-state index in [0.29, 0.717) is 18.1 Å². The number of benzene rings is 1. The quantitative estimate of drug-likeness (QED) is 0.255. The second-order valence-electron chi connectivity index (χ2n) is 3.98. The summed E-state index contributed by atoms with van der Waals surface area (Å²) in [6.07, 6.45) is 2.02. The average molecular weight is 510 g/mol. The van der Waals surface area contributed by atoms with Gasteiger partial charge < -0.3 is 15.4 Å². The molecule has 0 saturated carbocycles. The van der Waals surface area contributed by atoms with Crippen LogP contribution in [0.1, 0.15) is 5.56 Å². The fourth-order valence-corrected chi connectivity index (χ4v) is 2.28. The van der Waals surface area contributed by atoms with Gasteiger partial charge in [-0.15, -0.1) is 24.0 Å². The van der Waals surface area contributed by atoms with Gasteiger partial charge >= 0.3 is 6.61 Å². The summed E-state index contributed by atoms with van der Waals surface area (Å²) in [6.45, 7) is -1.73. The van der Waals surface area contributed by atoms with E-state index in [-0.39, 0.29) is 29.7 Å². The Labute approximate surface area is 159 Å². The van der Waals surface area contributed by atoms with Crippen molar-refractivity contribution in [2.75, 3.05) is 25.6 Å². The monoisotopic (exact) mass is 509 g/mol. The third-order valence-electron chi connectivity index (χ3n) is 2.51. The van der Waals surface area contributed by atoms with Crippen molar-refractivity contribution in [3.05, 3.63) is 28.2 Å². The molecule has 0 bridgehead atoms. The fourth-order valence-electron chi connectivity index (χ4n) is 1.57. The van der Waals surface area contributed by atoms with Crippen molar-refractivity contribution in [2.24, 2.45) is 4.99 Å². The largest absolute Gasteiger partial charge is 0.434 e. The SMILES string of the molecule is CN=C(NCCSC)NCc1cc(Br)ccc1OC(F)F.I. The zero-order valence-electron chi connectivity index (χ0n) is 12.2. The molecule has 126 valence electrons. The third kappa shape index (κ3) is 8.37. The summed E-state index contributed by atoms with van der Waals surface area (Å²) in [5.74, 6) is 1.73. The second kappa shape index (κ2) is 12.2. The van der Waals surface area contributed by atoms with Crippen LogP contribution in [-0.2, 0) is 6.54 Å². The molecule has 0 fully saturated rings.